The number of nitrogens with zero attached hydrogens (tertiary/aromatic N) is 2. The molecule has 0 spiro atoms. The summed E-state index contributed by atoms with van der Waals surface area (Å²) in [5.74, 6) is -1.70. The highest BCUT2D eigenvalue weighted by Gasteiger charge is 2.22. The predicted molar refractivity (Wildman–Crippen MR) is 106 cm³/mol. The Labute approximate surface area is 159 Å². The minimum absolute atomic E-state index is 0.487. The molecule has 4 aromatic rings. The number of rotatable bonds is 2. The smallest absolute Gasteiger partial charge is 0.227 e. The van der Waals surface area contributed by atoms with Crippen molar-refractivity contribution >= 4 is 22.1 Å². The van der Waals surface area contributed by atoms with Gasteiger partial charge in [0.05, 0.1) is 5.56 Å². The molecule has 0 radical (unpaired) electrons. The first-order valence-corrected chi connectivity index (χ1v) is 8.72. The molecule has 0 bridgehead atoms. The molecule has 3 nitrogen and oxygen atoms in total. The van der Waals surface area contributed by atoms with Gasteiger partial charge in [-0.15, -0.1) is 0 Å². The molecule has 0 aliphatic heterocycles. The van der Waals surface area contributed by atoms with Crippen molar-refractivity contribution in [3.63, 3.8) is 0 Å². The molecule has 3 heteroatoms. The highest BCUT2D eigenvalue weighted by molar-refractivity contribution is 6.08. The van der Waals surface area contributed by atoms with Crippen molar-refractivity contribution in [1.29, 1.82) is 0 Å². The molecule has 132 valence electrons. The van der Waals surface area contributed by atoms with Crippen LogP contribution in [0.2, 0.25) is 0 Å². The lowest BCUT2D eigenvalue weighted by atomic mass is 9.96. The van der Waals surface area contributed by atoms with Crippen molar-refractivity contribution in [2.24, 2.45) is 7.05 Å². The van der Waals surface area contributed by atoms with Crippen molar-refractivity contribution < 1.29 is 14.5 Å². The standard InChI is InChI=1S/C23H25N2O/c1-13(2)19-12-25(6)20(11-15(19)4)21-14(3)7-9-17-18-10-8-16(5)24-23(18)26-22(17)21/h7-13H,1-6H3/q+1/i1D3,13D. The second-order valence-electron chi connectivity index (χ2n) is 7.03. The highest BCUT2D eigenvalue weighted by atomic mass is 16.3. The highest BCUT2D eigenvalue weighted by Crippen LogP contribution is 2.36. The average molecular weight is 349 g/mol. The van der Waals surface area contributed by atoms with Crippen LogP contribution in [-0.2, 0) is 7.05 Å². The van der Waals surface area contributed by atoms with Gasteiger partial charge >= 0.3 is 0 Å². The van der Waals surface area contributed by atoms with E-state index in [1.807, 2.05) is 56.7 Å². The van der Waals surface area contributed by atoms with E-state index < -0.39 is 12.7 Å². The second kappa shape index (κ2) is 5.94. The zero-order chi connectivity index (χ0) is 22.0. The Kier molecular flexibility index (Phi) is 2.89. The molecule has 0 N–H and O–H groups in total. The number of aromatic nitrogens is 2. The van der Waals surface area contributed by atoms with E-state index in [0.29, 0.717) is 11.3 Å². The van der Waals surface area contributed by atoms with E-state index in [1.54, 1.807) is 6.20 Å². The summed E-state index contributed by atoms with van der Waals surface area (Å²) >= 11 is 0. The second-order valence-corrected chi connectivity index (χ2v) is 7.03. The number of hydrogen-bond acceptors (Lipinski definition) is 2. The van der Waals surface area contributed by atoms with Gasteiger partial charge in [0.15, 0.2) is 11.8 Å². The Bertz CT molecular complexity index is 1300. The van der Waals surface area contributed by atoms with Crippen LogP contribution in [0.15, 0.2) is 40.9 Å². The molecule has 0 amide bonds. The molecule has 0 saturated carbocycles. The Morgan fingerprint density at radius 2 is 1.88 bits per heavy atom. The monoisotopic (exact) mass is 349 g/mol. The summed E-state index contributed by atoms with van der Waals surface area (Å²) in [6.07, 6.45) is 1.76. The first-order chi connectivity index (χ1) is 13.9. The molecule has 1 atom stereocenters. The van der Waals surface area contributed by atoms with E-state index in [4.69, 9.17) is 9.90 Å². The van der Waals surface area contributed by atoms with Crippen LogP contribution in [0.1, 0.15) is 47.5 Å². The SMILES string of the molecule is [2H]C([2H])([2H])C([2H])(C)c1c[n+](C)c(-c2c(C)ccc3c2oc2nc(C)ccc23)cc1C. The van der Waals surface area contributed by atoms with Crippen LogP contribution in [0, 0.1) is 20.8 Å². The zero-order valence-corrected chi connectivity index (χ0v) is 15.8. The number of pyridine rings is 2. The van der Waals surface area contributed by atoms with E-state index in [-0.39, 0.29) is 0 Å². The molecule has 3 heterocycles. The molecule has 3 aromatic heterocycles. The lowest BCUT2D eigenvalue weighted by Gasteiger charge is -2.11. The van der Waals surface area contributed by atoms with Gasteiger partial charge in [-0.1, -0.05) is 25.9 Å². The molecule has 0 fully saturated rings. The Balaban J connectivity index is 2.00. The molecule has 4 rings (SSSR count). The van der Waals surface area contributed by atoms with Gasteiger partial charge in [0.25, 0.3) is 0 Å². The van der Waals surface area contributed by atoms with E-state index in [1.165, 1.54) is 6.92 Å². The van der Waals surface area contributed by atoms with Crippen LogP contribution in [0.4, 0.5) is 0 Å². The molecular weight excluding hydrogens is 320 g/mol. The maximum absolute atomic E-state index is 8.50. The van der Waals surface area contributed by atoms with Gasteiger partial charge in [-0.05, 0) is 49.9 Å². The van der Waals surface area contributed by atoms with Crippen LogP contribution in [0.5, 0.6) is 0 Å². The topological polar surface area (TPSA) is 29.9 Å². The van der Waals surface area contributed by atoms with Gasteiger partial charge in [-0.25, -0.2) is 9.55 Å². The quantitative estimate of drug-likeness (QED) is 0.446. The lowest BCUT2D eigenvalue weighted by Crippen LogP contribution is -2.32. The molecule has 0 aliphatic carbocycles. The number of furan rings is 1. The first-order valence-electron chi connectivity index (χ1n) is 10.7. The van der Waals surface area contributed by atoms with Crippen LogP contribution >= 0.6 is 0 Å². The fourth-order valence-corrected chi connectivity index (χ4v) is 3.62. The van der Waals surface area contributed by atoms with Crippen LogP contribution in [-0.4, -0.2) is 4.98 Å². The summed E-state index contributed by atoms with van der Waals surface area (Å²) in [4.78, 5) is 4.53. The van der Waals surface area contributed by atoms with Gasteiger partial charge < -0.3 is 4.42 Å². The first kappa shape index (κ1) is 12.6. The maximum atomic E-state index is 8.50. The molecule has 1 unspecified atom stereocenters. The Hall–Kier alpha value is -2.68. The van der Waals surface area contributed by atoms with Crippen molar-refractivity contribution in [3.8, 4) is 11.3 Å². The third-order valence-electron chi connectivity index (χ3n) is 5.00. The fraction of sp³-hybridized carbons (Fsp3) is 0.304. The minimum atomic E-state index is -2.43. The van der Waals surface area contributed by atoms with E-state index in [0.717, 1.165) is 44.4 Å². The lowest BCUT2D eigenvalue weighted by molar-refractivity contribution is -0.660. The summed E-state index contributed by atoms with van der Waals surface area (Å²) < 4.78 is 40.0. The number of benzene rings is 1. The average Bonchev–Trinajstić information content (AvgIpc) is 2.99. The van der Waals surface area contributed by atoms with Crippen LogP contribution in [0.25, 0.3) is 33.3 Å². The minimum Gasteiger partial charge on any atom is -0.437 e. The van der Waals surface area contributed by atoms with E-state index >= 15 is 0 Å². The third-order valence-corrected chi connectivity index (χ3v) is 5.00. The zero-order valence-electron chi connectivity index (χ0n) is 19.8. The van der Waals surface area contributed by atoms with Gasteiger partial charge in [-0.2, -0.15) is 0 Å². The number of aryl methyl sites for hydroxylation is 4. The van der Waals surface area contributed by atoms with Crippen molar-refractivity contribution in [2.75, 3.05) is 0 Å². The number of hydrogen-bond donors (Lipinski definition) is 0. The Morgan fingerprint density at radius 1 is 1.12 bits per heavy atom. The Morgan fingerprint density at radius 3 is 2.65 bits per heavy atom. The summed E-state index contributed by atoms with van der Waals surface area (Å²) in [5, 5.41) is 1.96. The summed E-state index contributed by atoms with van der Waals surface area (Å²) in [5.41, 5.74) is 6.40. The van der Waals surface area contributed by atoms with E-state index in [2.05, 4.69) is 11.1 Å². The maximum Gasteiger partial charge on any atom is 0.227 e. The molecule has 26 heavy (non-hydrogen) atoms. The third kappa shape index (κ3) is 2.50. The normalized spacial score (nSPS) is 16.8. The summed E-state index contributed by atoms with van der Waals surface area (Å²) in [7, 11) is 1.87. The van der Waals surface area contributed by atoms with Gasteiger partial charge in [0.1, 0.15) is 7.05 Å². The van der Waals surface area contributed by atoms with Crippen molar-refractivity contribution in [2.45, 2.75) is 40.4 Å². The molecule has 0 aliphatic rings. The summed E-state index contributed by atoms with van der Waals surface area (Å²) in [6, 6.07) is 10.1. The van der Waals surface area contributed by atoms with Crippen LogP contribution < -0.4 is 4.57 Å². The van der Waals surface area contributed by atoms with Gasteiger partial charge in [-0.3, -0.25) is 0 Å². The van der Waals surface area contributed by atoms with Crippen molar-refractivity contribution in [1.82, 2.24) is 4.98 Å². The van der Waals surface area contributed by atoms with Gasteiger partial charge in [0.2, 0.25) is 11.4 Å². The molecule has 0 saturated heterocycles. The van der Waals surface area contributed by atoms with E-state index in [9.17, 15) is 0 Å². The number of fused-ring (bicyclic) bond motifs is 3. The van der Waals surface area contributed by atoms with Crippen LogP contribution in [0.3, 0.4) is 0 Å². The van der Waals surface area contributed by atoms with Crippen molar-refractivity contribution in [3.05, 3.63) is 58.9 Å². The summed E-state index contributed by atoms with van der Waals surface area (Å²) in [6.45, 7) is 4.84. The van der Waals surface area contributed by atoms with Gasteiger partial charge in [0, 0.05) is 33.6 Å². The largest absolute Gasteiger partial charge is 0.437 e. The predicted octanol–water partition coefficient (Wildman–Crippen LogP) is 5.52. The molecular formula is C23H25N2O+. The fourth-order valence-electron chi connectivity index (χ4n) is 3.62. The molecule has 1 aromatic carbocycles.